The fraction of sp³-hybridized carbons (Fsp3) is 0.421. The number of anilines is 2. The molecule has 0 saturated heterocycles. The molecular weight excluding hydrogens is 330 g/mol. The highest BCUT2D eigenvalue weighted by Gasteiger charge is 2.26. The Morgan fingerprint density at radius 2 is 1.23 bits per heavy atom. The molecule has 0 aromatic carbocycles. The first-order valence-electron chi connectivity index (χ1n) is 8.22. The Bertz CT molecular complexity index is 722. The van der Waals surface area contributed by atoms with Crippen LogP contribution < -0.4 is 11.5 Å². The zero-order valence-electron chi connectivity index (χ0n) is 16.2. The van der Waals surface area contributed by atoms with E-state index in [1.165, 1.54) is 12.4 Å². The fourth-order valence-electron chi connectivity index (χ4n) is 1.84. The standard InChI is InChI=1S/C10H14N2O.C9H13N3O/c1-10(2,3)9(13)8-7(11)5-4-6-12-8;1-9(2,3)7(13)6-8(10)12-5-4-11-6/h4-6H,11H2,1-3H3;4-5H,1-3H3,(H2,10,12). The largest absolute Gasteiger partial charge is 0.397 e. The second-order valence-electron chi connectivity index (χ2n) is 7.89. The molecule has 4 N–H and O–H groups in total. The molecule has 140 valence electrons. The minimum absolute atomic E-state index is 0.0226. The number of nitrogens with zero attached hydrogens (tertiary/aromatic N) is 3. The molecule has 0 aliphatic heterocycles. The van der Waals surface area contributed by atoms with Crippen LogP contribution in [0.4, 0.5) is 11.5 Å². The molecule has 2 aromatic rings. The second-order valence-corrected chi connectivity index (χ2v) is 7.89. The van der Waals surface area contributed by atoms with Gasteiger partial charge in [0.05, 0.1) is 5.69 Å². The van der Waals surface area contributed by atoms with Crippen LogP contribution in [-0.2, 0) is 0 Å². The minimum Gasteiger partial charge on any atom is -0.397 e. The number of Topliss-reactive ketones (excluding diaryl/α,β-unsaturated/α-hetero) is 2. The quantitative estimate of drug-likeness (QED) is 0.791. The van der Waals surface area contributed by atoms with Gasteiger partial charge in [-0.3, -0.25) is 14.6 Å². The molecule has 0 fully saturated rings. The summed E-state index contributed by atoms with van der Waals surface area (Å²) in [4.78, 5) is 35.1. The number of carbonyl (C=O) groups excluding carboxylic acids is 2. The number of ketones is 2. The van der Waals surface area contributed by atoms with E-state index in [2.05, 4.69) is 15.0 Å². The third-order valence-electron chi connectivity index (χ3n) is 3.36. The highest BCUT2D eigenvalue weighted by Crippen LogP contribution is 2.22. The molecule has 7 nitrogen and oxygen atoms in total. The summed E-state index contributed by atoms with van der Waals surface area (Å²) in [7, 11) is 0. The minimum atomic E-state index is -0.468. The number of hydrogen-bond donors (Lipinski definition) is 2. The lowest BCUT2D eigenvalue weighted by molar-refractivity contribution is 0.0848. The summed E-state index contributed by atoms with van der Waals surface area (Å²) in [5.41, 5.74) is 11.3. The van der Waals surface area contributed by atoms with Crippen LogP contribution in [0.1, 0.15) is 62.5 Å². The van der Waals surface area contributed by atoms with Crippen molar-refractivity contribution in [1.29, 1.82) is 0 Å². The van der Waals surface area contributed by atoms with Gasteiger partial charge < -0.3 is 11.5 Å². The van der Waals surface area contributed by atoms with Crippen LogP contribution in [0.3, 0.4) is 0 Å². The molecule has 0 aliphatic rings. The van der Waals surface area contributed by atoms with Crippen molar-refractivity contribution in [2.24, 2.45) is 10.8 Å². The van der Waals surface area contributed by atoms with Gasteiger partial charge in [0, 0.05) is 29.4 Å². The molecule has 2 aromatic heterocycles. The van der Waals surface area contributed by atoms with Gasteiger partial charge in [0.2, 0.25) is 0 Å². The van der Waals surface area contributed by atoms with E-state index in [0.29, 0.717) is 11.4 Å². The maximum atomic E-state index is 11.7. The summed E-state index contributed by atoms with van der Waals surface area (Å²) in [6.07, 6.45) is 4.51. The van der Waals surface area contributed by atoms with Crippen LogP contribution in [0.5, 0.6) is 0 Å². The van der Waals surface area contributed by atoms with Crippen LogP contribution >= 0.6 is 0 Å². The summed E-state index contributed by atoms with van der Waals surface area (Å²) in [5.74, 6) is 0.0890. The van der Waals surface area contributed by atoms with Gasteiger partial charge in [-0.15, -0.1) is 0 Å². The van der Waals surface area contributed by atoms with E-state index >= 15 is 0 Å². The predicted octanol–water partition coefficient (Wildman–Crippen LogP) is 3.18. The summed E-state index contributed by atoms with van der Waals surface area (Å²) < 4.78 is 0. The lowest BCUT2D eigenvalue weighted by Gasteiger charge is -2.16. The van der Waals surface area contributed by atoms with Crippen molar-refractivity contribution in [2.75, 3.05) is 11.5 Å². The molecule has 0 spiro atoms. The molecule has 0 amide bonds. The molecule has 0 unspecified atom stereocenters. The van der Waals surface area contributed by atoms with Crippen molar-refractivity contribution >= 4 is 23.1 Å². The van der Waals surface area contributed by atoms with Crippen molar-refractivity contribution in [3.8, 4) is 0 Å². The van der Waals surface area contributed by atoms with Gasteiger partial charge >= 0.3 is 0 Å². The van der Waals surface area contributed by atoms with Gasteiger partial charge in [0.25, 0.3) is 0 Å². The predicted molar refractivity (Wildman–Crippen MR) is 103 cm³/mol. The smallest absolute Gasteiger partial charge is 0.190 e. The molecule has 0 atom stereocenters. The summed E-state index contributed by atoms with van der Waals surface area (Å²) in [6.45, 7) is 11.0. The lowest BCUT2D eigenvalue weighted by Crippen LogP contribution is -2.23. The van der Waals surface area contributed by atoms with E-state index in [1.807, 2.05) is 41.5 Å². The SMILES string of the molecule is CC(C)(C)C(=O)c1ncccc1N.CC(C)(C)C(=O)c1nccnc1N. The molecular formula is C19H27N5O2. The van der Waals surface area contributed by atoms with Crippen LogP contribution in [0.25, 0.3) is 0 Å². The summed E-state index contributed by atoms with van der Waals surface area (Å²) in [6, 6.07) is 3.40. The van der Waals surface area contributed by atoms with E-state index in [0.717, 1.165) is 0 Å². The maximum Gasteiger partial charge on any atom is 0.190 e. The van der Waals surface area contributed by atoms with Crippen molar-refractivity contribution < 1.29 is 9.59 Å². The molecule has 0 radical (unpaired) electrons. The Balaban J connectivity index is 0.000000260. The average Bonchev–Trinajstić information content (AvgIpc) is 2.53. The van der Waals surface area contributed by atoms with E-state index in [1.54, 1.807) is 18.3 Å². The van der Waals surface area contributed by atoms with Gasteiger partial charge in [-0.1, -0.05) is 41.5 Å². The van der Waals surface area contributed by atoms with Crippen molar-refractivity contribution in [3.05, 3.63) is 42.1 Å². The summed E-state index contributed by atoms with van der Waals surface area (Å²) >= 11 is 0. The topological polar surface area (TPSA) is 125 Å². The monoisotopic (exact) mass is 357 g/mol. The highest BCUT2D eigenvalue weighted by atomic mass is 16.1. The van der Waals surface area contributed by atoms with Gasteiger partial charge in [0.1, 0.15) is 11.4 Å². The van der Waals surface area contributed by atoms with Gasteiger partial charge in [0.15, 0.2) is 17.4 Å². The van der Waals surface area contributed by atoms with Crippen molar-refractivity contribution in [3.63, 3.8) is 0 Å². The molecule has 0 saturated carbocycles. The molecule has 0 bridgehead atoms. The normalized spacial score (nSPS) is 11.3. The Morgan fingerprint density at radius 3 is 1.69 bits per heavy atom. The second kappa shape index (κ2) is 8.03. The maximum absolute atomic E-state index is 11.7. The first-order chi connectivity index (χ1) is 11.9. The van der Waals surface area contributed by atoms with Crippen molar-refractivity contribution in [2.45, 2.75) is 41.5 Å². The molecule has 7 heteroatoms. The first kappa shape index (κ1) is 21.2. The van der Waals surface area contributed by atoms with E-state index in [9.17, 15) is 9.59 Å². The van der Waals surface area contributed by atoms with E-state index < -0.39 is 10.8 Å². The fourth-order valence-corrected chi connectivity index (χ4v) is 1.84. The zero-order valence-corrected chi connectivity index (χ0v) is 16.2. The summed E-state index contributed by atoms with van der Waals surface area (Å²) in [5, 5.41) is 0. The Hall–Kier alpha value is -2.83. The highest BCUT2D eigenvalue weighted by molar-refractivity contribution is 6.02. The third-order valence-corrected chi connectivity index (χ3v) is 3.36. The number of carbonyl (C=O) groups is 2. The number of aromatic nitrogens is 3. The Labute approximate surface area is 154 Å². The van der Waals surface area contributed by atoms with E-state index in [-0.39, 0.29) is 23.1 Å². The average molecular weight is 357 g/mol. The van der Waals surface area contributed by atoms with Gasteiger partial charge in [-0.05, 0) is 12.1 Å². The van der Waals surface area contributed by atoms with Gasteiger partial charge in [-0.25, -0.2) is 9.97 Å². The Kier molecular flexibility index (Phi) is 6.55. The third kappa shape index (κ3) is 5.61. The number of rotatable bonds is 2. The molecule has 26 heavy (non-hydrogen) atoms. The van der Waals surface area contributed by atoms with Crippen LogP contribution in [0.15, 0.2) is 30.7 Å². The number of nitrogen functional groups attached to an aromatic ring is 2. The molecule has 0 aliphatic carbocycles. The number of nitrogens with two attached hydrogens (primary N) is 2. The molecule has 2 heterocycles. The van der Waals surface area contributed by atoms with Crippen molar-refractivity contribution in [1.82, 2.24) is 15.0 Å². The van der Waals surface area contributed by atoms with Crippen LogP contribution in [-0.4, -0.2) is 26.5 Å². The Morgan fingerprint density at radius 1 is 0.769 bits per heavy atom. The van der Waals surface area contributed by atoms with Crippen LogP contribution in [0.2, 0.25) is 0 Å². The zero-order chi connectivity index (χ0) is 20.1. The number of pyridine rings is 1. The van der Waals surface area contributed by atoms with Crippen LogP contribution in [0, 0.1) is 10.8 Å². The van der Waals surface area contributed by atoms with Gasteiger partial charge in [-0.2, -0.15) is 0 Å². The lowest BCUT2D eigenvalue weighted by atomic mass is 9.88. The first-order valence-corrected chi connectivity index (χ1v) is 8.22. The number of hydrogen-bond acceptors (Lipinski definition) is 7. The van der Waals surface area contributed by atoms with E-state index in [4.69, 9.17) is 11.5 Å². The molecule has 2 rings (SSSR count).